The Labute approximate surface area is 199 Å². The summed E-state index contributed by atoms with van der Waals surface area (Å²) in [5, 5.41) is 7.25. The average molecular weight is 530 g/mol. The highest BCUT2D eigenvalue weighted by molar-refractivity contribution is 14.0. The first-order valence-electron chi connectivity index (χ1n) is 11.2. The molecule has 0 aliphatic carbocycles. The van der Waals surface area contributed by atoms with Gasteiger partial charge < -0.3 is 25.2 Å². The summed E-state index contributed by atoms with van der Waals surface area (Å²) in [6, 6.07) is 9.32. The second-order valence-corrected chi connectivity index (χ2v) is 8.50. The number of hydrogen-bond donors (Lipinski definition) is 2. The molecular formula is C23H40IN5O. The minimum Gasteiger partial charge on any atom is -0.383 e. The Morgan fingerprint density at radius 1 is 1.13 bits per heavy atom. The summed E-state index contributed by atoms with van der Waals surface area (Å²) in [6.07, 6.45) is 4.90. The highest BCUT2D eigenvalue weighted by Gasteiger charge is 2.22. The van der Waals surface area contributed by atoms with Crippen LogP contribution in [-0.4, -0.2) is 76.9 Å². The maximum atomic E-state index is 5.20. The molecular weight excluding hydrogens is 489 g/mol. The summed E-state index contributed by atoms with van der Waals surface area (Å²) in [7, 11) is 3.66. The maximum absolute atomic E-state index is 5.20. The predicted molar refractivity (Wildman–Crippen MR) is 137 cm³/mol. The van der Waals surface area contributed by atoms with E-state index in [1.54, 1.807) is 7.11 Å². The van der Waals surface area contributed by atoms with Crippen LogP contribution in [0.25, 0.3) is 0 Å². The van der Waals surface area contributed by atoms with Gasteiger partial charge >= 0.3 is 0 Å². The number of aryl methyl sites for hydroxylation is 1. The van der Waals surface area contributed by atoms with Crippen molar-refractivity contribution >= 4 is 35.6 Å². The van der Waals surface area contributed by atoms with Crippen LogP contribution < -0.4 is 15.5 Å². The van der Waals surface area contributed by atoms with Crippen LogP contribution in [-0.2, 0) is 4.74 Å². The Morgan fingerprint density at radius 3 is 2.53 bits per heavy atom. The number of rotatable bonds is 7. The van der Waals surface area contributed by atoms with E-state index in [0.29, 0.717) is 6.04 Å². The fourth-order valence-electron chi connectivity index (χ4n) is 4.35. The fraction of sp³-hybridized carbons (Fsp3) is 0.696. The average Bonchev–Trinajstić information content (AvgIpc) is 2.76. The van der Waals surface area contributed by atoms with Gasteiger partial charge in [0.2, 0.25) is 0 Å². The highest BCUT2D eigenvalue weighted by atomic mass is 127. The quantitative estimate of drug-likeness (QED) is 0.323. The van der Waals surface area contributed by atoms with E-state index in [1.807, 2.05) is 7.05 Å². The van der Waals surface area contributed by atoms with Gasteiger partial charge in [0, 0.05) is 52.1 Å². The van der Waals surface area contributed by atoms with Crippen molar-refractivity contribution in [3.05, 3.63) is 29.8 Å². The first-order chi connectivity index (χ1) is 14.2. The molecule has 7 heteroatoms. The first-order valence-corrected chi connectivity index (χ1v) is 11.2. The molecule has 2 heterocycles. The zero-order chi connectivity index (χ0) is 20.5. The standard InChI is InChI=1S/C23H39N5O.HI/c1-19-6-8-22(9-7-19)28-12-4-5-21(18-28)26-23(24-2)25-17-20-10-13-27(14-11-20)15-16-29-3;/h6-9,20-21H,4-5,10-18H2,1-3H3,(H2,24,25,26);1H. The first kappa shape index (κ1) is 25.2. The number of halogens is 1. The minimum atomic E-state index is 0. The maximum Gasteiger partial charge on any atom is 0.191 e. The summed E-state index contributed by atoms with van der Waals surface area (Å²) in [6.45, 7) is 9.55. The van der Waals surface area contributed by atoms with Gasteiger partial charge in [-0.2, -0.15) is 0 Å². The van der Waals surface area contributed by atoms with E-state index < -0.39 is 0 Å². The number of methoxy groups -OCH3 is 1. The number of hydrogen-bond acceptors (Lipinski definition) is 4. The molecule has 0 spiro atoms. The molecule has 0 radical (unpaired) electrons. The zero-order valence-electron chi connectivity index (χ0n) is 18.9. The number of guanidine groups is 1. The number of ether oxygens (including phenoxy) is 1. The van der Waals surface area contributed by atoms with Crippen molar-refractivity contribution in [2.45, 2.75) is 38.6 Å². The smallest absolute Gasteiger partial charge is 0.191 e. The number of anilines is 1. The number of benzene rings is 1. The molecule has 1 unspecified atom stereocenters. The van der Waals surface area contributed by atoms with Crippen LogP contribution in [0.3, 0.4) is 0 Å². The molecule has 2 aliphatic rings. The molecule has 2 fully saturated rings. The number of nitrogens with zero attached hydrogens (tertiary/aromatic N) is 3. The molecule has 30 heavy (non-hydrogen) atoms. The van der Waals surface area contributed by atoms with Crippen LogP contribution in [0.4, 0.5) is 5.69 Å². The Morgan fingerprint density at radius 2 is 1.87 bits per heavy atom. The number of piperidine rings is 2. The summed E-state index contributed by atoms with van der Waals surface area (Å²) < 4.78 is 5.20. The van der Waals surface area contributed by atoms with Crippen molar-refractivity contribution in [1.82, 2.24) is 15.5 Å². The Hall–Kier alpha value is -1.06. The molecule has 2 N–H and O–H groups in total. The van der Waals surface area contributed by atoms with Crippen LogP contribution >= 0.6 is 24.0 Å². The topological polar surface area (TPSA) is 52.1 Å². The predicted octanol–water partition coefficient (Wildman–Crippen LogP) is 3.11. The summed E-state index contributed by atoms with van der Waals surface area (Å²) in [5.74, 6) is 1.67. The van der Waals surface area contributed by atoms with E-state index in [4.69, 9.17) is 4.74 Å². The third kappa shape index (κ3) is 7.89. The number of likely N-dealkylation sites (tertiary alicyclic amines) is 1. The van der Waals surface area contributed by atoms with Crippen LogP contribution in [0.15, 0.2) is 29.3 Å². The molecule has 3 rings (SSSR count). The van der Waals surface area contributed by atoms with Gasteiger partial charge in [-0.05, 0) is 63.7 Å². The second-order valence-electron chi connectivity index (χ2n) is 8.50. The van der Waals surface area contributed by atoms with E-state index >= 15 is 0 Å². The molecule has 1 aromatic rings. The molecule has 0 saturated carbocycles. The SMILES string of the molecule is CN=C(NCC1CCN(CCOC)CC1)NC1CCCN(c2ccc(C)cc2)C1.I. The summed E-state index contributed by atoms with van der Waals surface area (Å²) in [5.41, 5.74) is 2.64. The van der Waals surface area contributed by atoms with Gasteiger partial charge in [-0.1, -0.05) is 17.7 Å². The largest absolute Gasteiger partial charge is 0.383 e. The number of aliphatic imine (C=N–C) groups is 1. The molecule has 0 bridgehead atoms. The Bertz CT molecular complexity index is 631. The lowest BCUT2D eigenvalue weighted by Crippen LogP contribution is -2.52. The third-order valence-corrected chi connectivity index (χ3v) is 6.26. The van der Waals surface area contributed by atoms with Crippen LogP contribution in [0.1, 0.15) is 31.2 Å². The van der Waals surface area contributed by atoms with Crippen molar-refractivity contribution in [1.29, 1.82) is 0 Å². The van der Waals surface area contributed by atoms with Gasteiger partial charge in [0.25, 0.3) is 0 Å². The fourth-order valence-corrected chi connectivity index (χ4v) is 4.35. The van der Waals surface area contributed by atoms with Gasteiger partial charge in [-0.25, -0.2) is 0 Å². The van der Waals surface area contributed by atoms with Crippen molar-refractivity contribution in [3.63, 3.8) is 0 Å². The molecule has 170 valence electrons. The van der Waals surface area contributed by atoms with E-state index in [0.717, 1.165) is 44.7 Å². The molecule has 0 aromatic heterocycles. The molecule has 2 aliphatic heterocycles. The van der Waals surface area contributed by atoms with Gasteiger partial charge in [0.1, 0.15) is 0 Å². The second kappa shape index (κ2) is 13.4. The van der Waals surface area contributed by atoms with Crippen molar-refractivity contribution in [2.24, 2.45) is 10.9 Å². The molecule has 1 atom stereocenters. The number of nitrogens with one attached hydrogen (secondary N) is 2. The molecule has 6 nitrogen and oxygen atoms in total. The van der Waals surface area contributed by atoms with Gasteiger partial charge in [0.15, 0.2) is 5.96 Å². The van der Waals surface area contributed by atoms with Gasteiger partial charge in [-0.15, -0.1) is 24.0 Å². The van der Waals surface area contributed by atoms with E-state index in [9.17, 15) is 0 Å². The van der Waals surface area contributed by atoms with Crippen molar-refractivity contribution < 1.29 is 4.74 Å². The summed E-state index contributed by atoms with van der Waals surface area (Å²) in [4.78, 5) is 9.48. The minimum absolute atomic E-state index is 0. The van der Waals surface area contributed by atoms with Gasteiger partial charge in [-0.3, -0.25) is 4.99 Å². The normalized spacial score (nSPS) is 21.2. The van der Waals surface area contributed by atoms with Crippen molar-refractivity contribution in [2.75, 3.05) is 64.9 Å². The lowest BCUT2D eigenvalue weighted by Gasteiger charge is -2.36. The van der Waals surface area contributed by atoms with Crippen LogP contribution in [0, 0.1) is 12.8 Å². The zero-order valence-corrected chi connectivity index (χ0v) is 21.2. The molecule has 2 saturated heterocycles. The Kier molecular flexibility index (Phi) is 11.2. The highest BCUT2D eigenvalue weighted by Crippen LogP contribution is 2.20. The molecule has 1 aromatic carbocycles. The monoisotopic (exact) mass is 529 g/mol. The lowest BCUT2D eigenvalue weighted by molar-refractivity contribution is 0.121. The van der Waals surface area contributed by atoms with Crippen molar-refractivity contribution in [3.8, 4) is 0 Å². The lowest BCUT2D eigenvalue weighted by atomic mass is 9.97. The van der Waals surface area contributed by atoms with Crippen LogP contribution in [0.5, 0.6) is 0 Å². The molecule has 0 amide bonds. The Balaban J connectivity index is 0.00000320. The van der Waals surface area contributed by atoms with E-state index in [2.05, 4.69) is 56.6 Å². The summed E-state index contributed by atoms with van der Waals surface area (Å²) >= 11 is 0. The van der Waals surface area contributed by atoms with Crippen LogP contribution in [0.2, 0.25) is 0 Å². The van der Waals surface area contributed by atoms with E-state index in [-0.39, 0.29) is 24.0 Å². The van der Waals surface area contributed by atoms with Gasteiger partial charge in [0.05, 0.1) is 6.61 Å². The van der Waals surface area contributed by atoms with E-state index in [1.165, 1.54) is 50.0 Å². The third-order valence-electron chi connectivity index (χ3n) is 6.26.